The summed E-state index contributed by atoms with van der Waals surface area (Å²) < 4.78 is 11.9. The Balaban J connectivity index is 1.86. The van der Waals surface area contributed by atoms with Gasteiger partial charge in [-0.25, -0.2) is 0 Å². The lowest BCUT2D eigenvalue weighted by atomic mass is 10.1. The van der Waals surface area contributed by atoms with Crippen LogP contribution in [-0.4, -0.2) is 29.8 Å². The summed E-state index contributed by atoms with van der Waals surface area (Å²) in [5.74, 6) is 0.870. The molecule has 5 nitrogen and oxygen atoms in total. The van der Waals surface area contributed by atoms with E-state index in [1.807, 2.05) is 13.0 Å². The Kier molecular flexibility index (Phi) is 7.37. The molecule has 1 fully saturated rings. The molecule has 0 atom stereocenters. The fourth-order valence-corrected chi connectivity index (χ4v) is 4.66. The van der Waals surface area contributed by atoms with Gasteiger partial charge in [0.05, 0.1) is 38.8 Å². The van der Waals surface area contributed by atoms with Crippen LogP contribution in [0.1, 0.15) is 18.1 Å². The zero-order chi connectivity index (χ0) is 21.1. The number of hydrogen-bond acceptors (Lipinski definition) is 5. The first kappa shape index (κ1) is 22.3. The Morgan fingerprint density at radius 3 is 2.59 bits per heavy atom. The van der Waals surface area contributed by atoms with E-state index in [9.17, 15) is 9.59 Å². The highest BCUT2D eigenvalue weighted by Crippen LogP contribution is 2.38. The van der Waals surface area contributed by atoms with E-state index >= 15 is 0 Å². The number of thioether (sulfide) groups is 1. The number of imide groups is 1. The van der Waals surface area contributed by atoms with Crippen LogP contribution >= 0.6 is 57.6 Å². The van der Waals surface area contributed by atoms with E-state index in [1.165, 1.54) is 4.90 Å². The van der Waals surface area contributed by atoms with Crippen LogP contribution in [0.2, 0.25) is 10.0 Å². The van der Waals surface area contributed by atoms with Crippen LogP contribution in [-0.2, 0) is 11.3 Å². The van der Waals surface area contributed by atoms with E-state index in [2.05, 4.69) is 22.6 Å². The number of amides is 2. The number of carbonyl (C=O) groups is 2. The Labute approximate surface area is 196 Å². The van der Waals surface area contributed by atoms with Gasteiger partial charge in [-0.2, -0.15) is 0 Å². The average molecular weight is 564 g/mol. The molecule has 0 radical (unpaired) electrons. The van der Waals surface area contributed by atoms with Crippen molar-refractivity contribution >= 4 is 74.8 Å². The molecule has 0 N–H and O–H groups in total. The van der Waals surface area contributed by atoms with E-state index in [1.54, 1.807) is 37.5 Å². The molecule has 152 valence electrons. The van der Waals surface area contributed by atoms with Crippen molar-refractivity contribution in [3.63, 3.8) is 0 Å². The average Bonchev–Trinajstić information content (AvgIpc) is 2.94. The molecule has 29 heavy (non-hydrogen) atoms. The smallest absolute Gasteiger partial charge is 0.293 e. The third-order valence-corrected chi connectivity index (χ3v) is 6.48. The molecule has 2 aromatic rings. The van der Waals surface area contributed by atoms with Gasteiger partial charge in [0.25, 0.3) is 11.1 Å². The van der Waals surface area contributed by atoms with Gasteiger partial charge in [-0.3, -0.25) is 14.5 Å². The largest absolute Gasteiger partial charge is 0.493 e. The van der Waals surface area contributed by atoms with Crippen LogP contribution in [0.15, 0.2) is 35.2 Å². The fraction of sp³-hybridized carbons (Fsp3) is 0.200. The van der Waals surface area contributed by atoms with Crippen LogP contribution in [0.4, 0.5) is 4.79 Å². The van der Waals surface area contributed by atoms with Crippen molar-refractivity contribution in [3.8, 4) is 11.5 Å². The van der Waals surface area contributed by atoms with Crippen LogP contribution in [0, 0.1) is 3.57 Å². The molecule has 0 bridgehead atoms. The summed E-state index contributed by atoms with van der Waals surface area (Å²) in [6.45, 7) is 2.54. The molecule has 0 aliphatic carbocycles. The van der Waals surface area contributed by atoms with Crippen LogP contribution < -0.4 is 9.47 Å². The molecular formula is C20H16Cl2INO4S. The summed E-state index contributed by atoms with van der Waals surface area (Å²) in [5, 5.41) is 0.464. The van der Waals surface area contributed by atoms with Crippen molar-refractivity contribution in [1.29, 1.82) is 0 Å². The molecular weight excluding hydrogens is 548 g/mol. The number of hydrogen-bond donors (Lipinski definition) is 0. The summed E-state index contributed by atoms with van der Waals surface area (Å²) in [7, 11) is 1.56. The number of methoxy groups -OCH3 is 1. The van der Waals surface area contributed by atoms with Gasteiger partial charge >= 0.3 is 0 Å². The van der Waals surface area contributed by atoms with Crippen LogP contribution in [0.25, 0.3) is 6.08 Å². The molecule has 0 aromatic heterocycles. The van der Waals surface area contributed by atoms with Gasteiger partial charge in [0.2, 0.25) is 0 Å². The summed E-state index contributed by atoms with van der Waals surface area (Å²) in [5.41, 5.74) is 1.47. The maximum atomic E-state index is 12.8. The first-order valence-electron chi connectivity index (χ1n) is 8.53. The lowest BCUT2D eigenvalue weighted by molar-refractivity contribution is -0.123. The molecule has 0 unspecified atom stereocenters. The third-order valence-electron chi connectivity index (χ3n) is 4.04. The van der Waals surface area contributed by atoms with Gasteiger partial charge in [0.1, 0.15) is 0 Å². The first-order valence-corrected chi connectivity index (χ1v) is 11.2. The quantitative estimate of drug-likeness (QED) is 0.307. The van der Waals surface area contributed by atoms with Crippen molar-refractivity contribution in [2.24, 2.45) is 0 Å². The third kappa shape index (κ3) is 5.02. The molecule has 3 rings (SSSR count). The number of rotatable bonds is 6. The Morgan fingerprint density at radius 2 is 1.93 bits per heavy atom. The number of benzene rings is 2. The maximum Gasteiger partial charge on any atom is 0.293 e. The monoisotopic (exact) mass is 563 g/mol. The van der Waals surface area contributed by atoms with E-state index in [0.29, 0.717) is 33.1 Å². The predicted molar refractivity (Wildman–Crippen MR) is 125 cm³/mol. The molecule has 2 amide bonds. The van der Waals surface area contributed by atoms with Crippen LogP contribution in [0.3, 0.4) is 0 Å². The van der Waals surface area contributed by atoms with Crippen molar-refractivity contribution < 1.29 is 19.1 Å². The normalized spacial score (nSPS) is 15.3. The van der Waals surface area contributed by atoms with Crippen molar-refractivity contribution in [3.05, 3.63) is 60.0 Å². The second-order valence-electron chi connectivity index (χ2n) is 5.98. The van der Waals surface area contributed by atoms with E-state index in [4.69, 9.17) is 32.7 Å². The Bertz CT molecular complexity index is 1010. The van der Waals surface area contributed by atoms with Crippen molar-refractivity contribution in [1.82, 2.24) is 4.90 Å². The Morgan fingerprint density at radius 1 is 1.17 bits per heavy atom. The summed E-state index contributed by atoms with van der Waals surface area (Å²) in [6.07, 6.45) is 1.68. The molecule has 2 aromatic carbocycles. The molecule has 1 aliphatic rings. The SMILES string of the molecule is CCOc1c(I)cc(/C=C2\SC(=O)N(Cc3ccc(Cl)c(Cl)c3)C2=O)cc1OC. The van der Waals surface area contributed by atoms with Crippen molar-refractivity contribution in [2.45, 2.75) is 13.5 Å². The highest BCUT2D eigenvalue weighted by Gasteiger charge is 2.35. The fourth-order valence-electron chi connectivity index (χ4n) is 2.72. The summed E-state index contributed by atoms with van der Waals surface area (Å²) in [6, 6.07) is 8.68. The van der Waals surface area contributed by atoms with Gasteiger partial charge in [-0.1, -0.05) is 29.3 Å². The predicted octanol–water partition coefficient (Wildman–Crippen LogP) is 6.24. The van der Waals surface area contributed by atoms with E-state index in [0.717, 1.165) is 26.5 Å². The molecule has 0 saturated carbocycles. The second kappa shape index (κ2) is 9.59. The second-order valence-corrected chi connectivity index (χ2v) is 8.95. The summed E-state index contributed by atoms with van der Waals surface area (Å²) >= 11 is 15.0. The highest BCUT2D eigenvalue weighted by atomic mass is 127. The minimum Gasteiger partial charge on any atom is -0.493 e. The van der Waals surface area contributed by atoms with Gasteiger partial charge in [0, 0.05) is 0 Å². The minimum atomic E-state index is -0.353. The van der Waals surface area contributed by atoms with Gasteiger partial charge in [-0.15, -0.1) is 0 Å². The molecule has 1 aliphatic heterocycles. The van der Waals surface area contributed by atoms with Gasteiger partial charge in [-0.05, 0) is 82.7 Å². The van der Waals surface area contributed by atoms with Crippen molar-refractivity contribution in [2.75, 3.05) is 13.7 Å². The molecule has 9 heteroatoms. The maximum absolute atomic E-state index is 12.8. The Hall–Kier alpha value is -1.42. The lowest BCUT2D eigenvalue weighted by Crippen LogP contribution is -2.27. The number of ether oxygens (including phenoxy) is 2. The van der Waals surface area contributed by atoms with Gasteiger partial charge < -0.3 is 9.47 Å². The number of carbonyl (C=O) groups excluding carboxylic acids is 2. The van der Waals surface area contributed by atoms with E-state index in [-0.39, 0.29) is 17.7 Å². The standard InChI is InChI=1S/C20H16Cl2INO4S/c1-3-28-18-15(23)7-12(8-16(18)27-2)9-17-19(25)24(20(26)29-17)10-11-4-5-13(21)14(22)6-11/h4-9H,3,10H2,1-2H3/b17-9-. The number of halogens is 3. The molecule has 1 heterocycles. The topological polar surface area (TPSA) is 55.8 Å². The zero-order valence-corrected chi connectivity index (χ0v) is 20.0. The first-order chi connectivity index (χ1) is 13.8. The van der Waals surface area contributed by atoms with Crippen LogP contribution in [0.5, 0.6) is 11.5 Å². The zero-order valence-electron chi connectivity index (χ0n) is 15.5. The lowest BCUT2D eigenvalue weighted by Gasteiger charge is -2.13. The molecule has 1 saturated heterocycles. The summed E-state index contributed by atoms with van der Waals surface area (Å²) in [4.78, 5) is 26.7. The molecule has 0 spiro atoms. The van der Waals surface area contributed by atoms with Gasteiger partial charge in [0.15, 0.2) is 11.5 Å². The minimum absolute atomic E-state index is 0.128. The highest BCUT2D eigenvalue weighted by molar-refractivity contribution is 14.1. The van der Waals surface area contributed by atoms with E-state index < -0.39 is 0 Å². The number of nitrogens with zero attached hydrogens (tertiary/aromatic N) is 1.